The maximum atomic E-state index is 4.52. The normalized spacial score (nSPS) is 13.7. The summed E-state index contributed by atoms with van der Waals surface area (Å²) in [4.78, 5) is 0. The standard InChI is InChI=1S/C13H26N2/c1-6-8-9-10-11-12(3)13(7-2)14-15(4)5/h6,12H,1,7-11H2,2-5H3/b14-13+. The summed E-state index contributed by atoms with van der Waals surface area (Å²) in [6.07, 6.45) is 7.97. The molecule has 1 atom stereocenters. The molecule has 0 aromatic rings. The van der Waals surface area contributed by atoms with Crippen molar-refractivity contribution in [1.29, 1.82) is 0 Å². The van der Waals surface area contributed by atoms with Gasteiger partial charge in [-0.3, -0.25) is 0 Å². The number of unbranched alkanes of at least 4 members (excludes halogenated alkanes) is 2. The highest BCUT2D eigenvalue weighted by atomic mass is 15.4. The van der Waals surface area contributed by atoms with Crippen LogP contribution < -0.4 is 0 Å². The Balaban J connectivity index is 3.93. The summed E-state index contributed by atoms with van der Waals surface area (Å²) in [5, 5.41) is 6.43. The van der Waals surface area contributed by atoms with E-state index in [1.807, 2.05) is 25.2 Å². The predicted octanol–water partition coefficient (Wildman–Crippen LogP) is 3.70. The van der Waals surface area contributed by atoms with Gasteiger partial charge in [-0.05, 0) is 31.6 Å². The van der Waals surface area contributed by atoms with Crippen molar-refractivity contribution in [3.05, 3.63) is 12.7 Å². The van der Waals surface area contributed by atoms with E-state index in [1.165, 1.54) is 25.0 Å². The van der Waals surface area contributed by atoms with Crippen LogP contribution >= 0.6 is 0 Å². The van der Waals surface area contributed by atoms with Gasteiger partial charge in [0.05, 0.1) is 0 Å². The third-order valence-corrected chi connectivity index (χ3v) is 2.55. The molecule has 0 saturated heterocycles. The van der Waals surface area contributed by atoms with E-state index in [2.05, 4.69) is 25.5 Å². The predicted molar refractivity (Wildman–Crippen MR) is 69.2 cm³/mol. The number of hydrazone groups is 1. The van der Waals surface area contributed by atoms with Gasteiger partial charge in [-0.15, -0.1) is 6.58 Å². The molecule has 0 aromatic carbocycles. The fraction of sp³-hybridized carbons (Fsp3) is 0.769. The van der Waals surface area contributed by atoms with E-state index in [9.17, 15) is 0 Å². The SMILES string of the molecule is C=CCCCCC(C)/C(CC)=N/N(C)C. The summed E-state index contributed by atoms with van der Waals surface area (Å²) in [6, 6.07) is 0. The zero-order chi connectivity index (χ0) is 11.7. The highest BCUT2D eigenvalue weighted by molar-refractivity contribution is 5.85. The van der Waals surface area contributed by atoms with Gasteiger partial charge in [-0.25, -0.2) is 0 Å². The van der Waals surface area contributed by atoms with Gasteiger partial charge in [0.2, 0.25) is 0 Å². The van der Waals surface area contributed by atoms with Crippen molar-refractivity contribution in [3.63, 3.8) is 0 Å². The van der Waals surface area contributed by atoms with Crippen molar-refractivity contribution >= 4 is 5.71 Å². The molecule has 0 aromatic heterocycles. The van der Waals surface area contributed by atoms with Crippen LogP contribution in [0, 0.1) is 5.92 Å². The van der Waals surface area contributed by atoms with Gasteiger partial charge in [0, 0.05) is 19.8 Å². The Bertz CT molecular complexity index is 195. The maximum Gasteiger partial charge on any atom is 0.0405 e. The van der Waals surface area contributed by atoms with Crippen molar-refractivity contribution in [1.82, 2.24) is 5.01 Å². The summed E-state index contributed by atoms with van der Waals surface area (Å²) in [5.74, 6) is 0.613. The van der Waals surface area contributed by atoms with Crippen LogP contribution in [0.1, 0.15) is 46.0 Å². The molecule has 0 aliphatic heterocycles. The average molecular weight is 210 g/mol. The van der Waals surface area contributed by atoms with Gasteiger partial charge in [-0.2, -0.15) is 5.10 Å². The van der Waals surface area contributed by atoms with Gasteiger partial charge >= 0.3 is 0 Å². The number of allylic oxidation sites excluding steroid dienone is 1. The van der Waals surface area contributed by atoms with Crippen LogP contribution in [0.5, 0.6) is 0 Å². The lowest BCUT2D eigenvalue weighted by molar-refractivity contribution is 0.429. The van der Waals surface area contributed by atoms with Crippen molar-refractivity contribution in [3.8, 4) is 0 Å². The van der Waals surface area contributed by atoms with Crippen molar-refractivity contribution in [2.75, 3.05) is 14.1 Å². The Morgan fingerprint density at radius 3 is 2.53 bits per heavy atom. The molecule has 0 aliphatic rings. The molecule has 0 rings (SSSR count). The summed E-state index contributed by atoms with van der Waals surface area (Å²) in [5.41, 5.74) is 1.32. The first kappa shape index (κ1) is 14.2. The second-order valence-corrected chi connectivity index (χ2v) is 4.27. The summed E-state index contributed by atoms with van der Waals surface area (Å²) in [6.45, 7) is 8.20. The summed E-state index contributed by atoms with van der Waals surface area (Å²) >= 11 is 0. The second-order valence-electron chi connectivity index (χ2n) is 4.27. The number of hydrogen-bond acceptors (Lipinski definition) is 2. The smallest absolute Gasteiger partial charge is 0.0405 e. The lowest BCUT2D eigenvalue weighted by Gasteiger charge is -2.15. The van der Waals surface area contributed by atoms with Crippen molar-refractivity contribution < 1.29 is 0 Å². The molecule has 0 heterocycles. The molecule has 15 heavy (non-hydrogen) atoms. The largest absolute Gasteiger partial charge is 0.303 e. The summed E-state index contributed by atoms with van der Waals surface area (Å²) in [7, 11) is 3.97. The van der Waals surface area contributed by atoms with Crippen LogP contribution in [0.15, 0.2) is 17.8 Å². The van der Waals surface area contributed by atoms with E-state index in [0.29, 0.717) is 5.92 Å². The fourth-order valence-electron chi connectivity index (χ4n) is 1.68. The molecule has 0 radical (unpaired) electrons. The molecule has 2 nitrogen and oxygen atoms in total. The highest BCUT2D eigenvalue weighted by Crippen LogP contribution is 2.13. The van der Waals surface area contributed by atoms with Crippen LogP contribution in [0.2, 0.25) is 0 Å². The van der Waals surface area contributed by atoms with Crippen LogP contribution in [-0.2, 0) is 0 Å². The average Bonchev–Trinajstić information content (AvgIpc) is 2.20. The molecule has 0 fully saturated rings. The van der Waals surface area contributed by atoms with Crippen LogP contribution in [0.4, 0.5) is 0 Å². The molecule has 1 unspecified atom stereocenters. The van der Waals surface area contributed by atoms with Crippen molar-refractivity contribution in [2.24, 2.45) is 11.0 Å². The number of hydrogen-bond donors (Lipinski definition) is 0. The molecule has 0 saturated carbocycles. The minimum absolute atomic E-state index is 0.613. The monoisotopic (exact) mass is 210 g/mol. The Morgan fingerprint density at radius 1 is 1.40 bits per heavy atom. The Labute approximate surface area is 95.1 Å². The number of nitrogens with zero attached hydrogens (tertiary/aromatic N) is 2. The Morgan fingerprint density at radius 2 is 2.07 bits per heavy atom. The molecular formula is C13H26N2. The molecule has 0 spiro atoms. The lowest BCUT2D eigenvalue weighted by Crippen LogP contribution is -2.15. The van der Waals surface area contributed by atoms with E-state index in [0.717, 1.165) is 12.8 Å². The fourth-order valence-corrected chi connectivity index (χ4v) is 1.68. The first-order valence-corrected chi connectivity index (χ1v) is 5.97. The van der Waals surface area contributed by atoms with E-state index in [4.69, 9.17) is 0 Å². The third kappa shape index (κ3) is 7.18. The molecule has 88 valence electrons. The van der Waals surface area contributed by atoms with Gasteiger partial charge in [0.15, 0.2) is 0 Å². The molecule has 0 N–H and O–H groups in total. The van der Waals surface area contributed by atoms with E-state index < -0.39 is 0 Å². The van der Waals surface area contributed by atoms with Crippen LogP contribution in [-0.4, -0.2) is 24.8 Å². The van der Waals surface area contributed by atoms with Gasteiger partial charge in [0.25, 0.3) is 0 Å². The first-order valence-electron chi connectivity index (χ1n) is 5.97. The van der Waals surface area contributed by atoms with Crippen LogP contribution in [0.3, 0.4) is 0 Å². The minimum atomic E-state index is 0.613. The zero-order valence-corrected chi connectivity index (χ0v) is 10.8. The van der Waals surface area contributed by atoms with Gasteiger partial charge in [-0.1, -0.05) is 26.3 Å². The number of rotatable bonds is 8. The second kappa shape index (κ2) is 8.51. The Kier molecular flexibility index (Phi) is 8.06. The zero-order valence-electron chi connectivity index (χ0n) is 10.8. The molecular weight excluding hydrogens is 184 g/mol. The Hall–Kier alpha value is -0.790. The third-order valence-electron chi connectivity index (χ3n) is 2.55. The maximum absolute atomic E-state index is 4.52. The molecule has 0 amide bonds. The van der Waals surface area contributed by atoms with Crippen LogP contribution in [0.25, 0.3) is 0 Å². The summed E-state index contributed by atoms with van der Waals surface area (Å²) < 4.78 is 0. The lowest BCUT2D eigenvalue weighted by atomic mass is 9.96. The minimum Gasteiger partial charge on any atom is -0.303 e. The quantitative estimate of drug-likeness (QED) is 0.258. The molecule has 0 aliphatic carbocycles. The first-order chi connectivity index (χ1) is 7.11. The van der Waals surface area contributed by atoms with E-state index >= 15 is 0 Å². The van der Waals surface area contributed by atoms with Crippen molar-refractivity contribution in [2.45, 2.75) is 46.0 Å². The van der Waals surface area contributed by atoms with Gasteiger partial charge in [0.1, 0.15) is 0 Å². The van der Waals surface area contributed by atoms with E-state index in [-0.39, 0.29) is 0 Å². The highest BCUT2D eigenvalue weighted by Gasteiger charge is 2.08. The topological polar surface area (TPSA) is 15.6 Å². The molecule has 0 bridgehead atoms. The van der Waals surface area contributed by atoms with Gasteiger partial charge < -0.3 is 5.01 Å². The van der Waals surface area contributed by atoms with E-state index in [1.54, 1.807) is 0 Å². The molecule has 2 heteroatoms.